The molecule has 0 spiro atoms. The van der Waals surface area contributed by atoms with Gasteiger partial charge in [-0.2, -0.15) is 0 Å². The second kappa shape index (κ2) is 6.53. The van der Waals surface area contributed by atoms with Gasteiger partial charge in [-0.05, 0) is 29.7 Å². The minimum Gasteiger partial charge on any atom is -0.477 e. The van der Waals surface area contributed by atoms with Gasteiger partial charge in [-0.25, -0.2) is 0 Å². The molecule has 0 amide bonds. The fourth-order valence-corrected chi connectivity index (χ4v) is 2.75. The average molecular weight is 259 g/mol. The summed E-state index contributed by atoms with van der Waals surface area (Å²) in [6.07, 6.45) is 0.918. The van der Waals surface area contributed by atoms with Gasteiger partial charge in [0.05, 0.1) is 8.81 Å². The molecular weight excluding hydrogens is 241 g/mol. The minimum atomic E-state index is 0.427. The van der Waals surface area contributed by atoms with Crippen molar-refractivity contribution < 1.29 is 4.52 Å². The normalized spacial score (nSPS) is 11.0. The highest BCUT2D eigenvalue weighted by atomic mass is 31.1. The first-order valence-electron chi connectivity index (χ1n) is 6.03. The second-order valence-electron chi connectivity index (χ2n) is 4.16. The van der Waals surface area contributed by atoms with E-state index in [1.165, 1.54) is 16.7 Å². The molecule has 0 fully saturated rings. The Balaban J connectivity index is 1.95. The van der Waals surface area contributed by atoms with Crippen LogP contribution in [0.5, 0.6) is 5.75 Å². The molecule has 94 valence electrons. The van der Waals surface area contributed by atoms with Crippen molar-refractivity contribution in [2.75, 3.05) is 0 Å². The molecule has 2 aromatic rings. The smallest absolute Gasteiger partial charge is 0.125 e. The molecule has 0 heterocycles. The van der Waals surface area contributed by atoms with Crippen LogP contribution in [0.2, 0.25) is 0 Å². The Morgan fingerprint density at radius 3 is 2.39 bits per heavy atom. The second-order valence-corrected chi connectivity index (χ2v) is 5.01. The molecule has 0 aliphatic carbocycles. The van der Waals surface area contributed by atoms with E-state index in [9.17, 15) is 0 Å². The van der Waals surface area contributed by atoms with Gasteiger partial charge in [0, 0.05) is 12.7 Å². The van der Waals surface area contributed by atoms with E-state index in [1.54, 1.807) is 0 Å². The van der Waals surface area contributed by atoms with Gasteiger partial charge in [-0.3, -0.25) is 0 Å². The average Bonchev–Trinajstić information content (AvgIpc) is 2.41. The number of para-hydroxylation sites is 1. The fourth-order valence-electron chi connectivity index (χ4n) is 1.79. The molecule has 0 aliphatic heterocycles. The quantitative estimate of drug-likeness (QED) is 0.832. The molecule has 0 saturated heterocycles. The summed E-state index contributed by atoms with van der Waals surface area (Å²) in [5.74, 6) is 0.973. The van der Waals surface area contributed by atoms with E-state index in [0.29, 0.717) is 15.4 Å². The summed E-state index contributed by atoms with van der Waals surface area (Å²) in [5.41, 5.74) is 9.39. The van der Waals surface area contributed by atoms with Gasteiger partial charge in [0.15, 0.2) is 0 Å². The molecule has 0 aliphatic rings. The van der Waals surface area contributed by atoms with E-state index >= 15 is 0 Å². The third-order valence-corrected chi connectivity index (χ3v) is 3.77. The Labute approximate surface area is 110 Å². The van der Waals surface area contributed by atoms with Crippen molar-refractivity contribution >= 4 is 8.81 Å². The number of hydrogen-bond acceptors (Lipinski definition) is 2. The van der Waals surface area contributed by atoms with Gasteiger partial charge in [-0.15, -0.1) is 0 Å². The topological polar surface area (TPSA) is 35.2 Å². The molecule has 0 bridgehead atoms. The van der Waals surface area contributed by atoms with Gasteiger partial charge >= 0.3 is 0 Å². The van der Waals surface area contributed by atoms with E-state index in [-0.39, 0.29) is 0 Å². The van der Waals surface area contributed by atoms with Crippen LogP contribution in [-0.4, -0.2) is 0 Å². The Hall–Kier alpha value is -1.37. The van der Waals surface area contributed by atoms with Crippen molar-refractivity contribution in [3.8, 4) is 5.75 Å². The summed E-state index contributed by atoms with van der Waals surface area (Å²) in [7, 11) is 0.427. The zero-order chi connectivity index (χ0) is 12.8. The lowest BCUT2D eigenvalue weighted by atomic mass is 10.1. The molecule has 1 atom stereocenters. The summed E-state index contributed by atoms with van der Waals surface area (Å²) < 4.78 is 5.83. The number of benzene rings is 2. The van der Waals surface area contributed by atoms with Crippen molar-refractivity contribution in [1.29, 1.82) is 0 Å². The van der Waals surface area contributed by atoms with E-state index in [4.69, 9.17) is 10.3 Å². The Morgan fingerprint density at radius 2 is 1.67 bits per heavy atom. The Bertz CT molecular complexity index is 513. The zero-order valence-corrected chi connectivity index (χ0v) is 11.5. The molecule has 1 unspecified atom stereocenters. The molecule has 18 heavy (non-hydrogen) atoms. The summed E-state index contributed by atoms with van der Waals surface area (Å²) in [5, 5.41) is 0. The summed E-state index contributed by atoms with van der Waals surface area (Å²) in [4.78, 5) is 0. The van der Waals surface area contributed by atoms with Gasteiger partial charge in [0.2, 0.25) is 0 Å². The van der Waals surface area contributed by atoms with Crippen molar-refractivity contribution in [2.24, 2.45) is 5.73 Å². The number of hydrogen-bond donors (Lipinski definition) is 1. The SMILES string of the molecule is Cc1ccccc1OPCc1ccccc1CN. The first kappa shape index (κ1) is 13.1. The standard InChI is InChI=1S/C15H18NOP/c1-12-6-2-5-9-15(12)17-18-11-14-8-4-3-7-13(14)10-16/h2-9,18H,10-11,16H2,1H3. The monoisotopic (exact) mass is 259 g/mol. The van der Waals surface area contributed by atoms with Crippen LogP contribution in [0.3, 0.4) is 0 Å². The van der Waals surface area contributed by atoms with Crippen molar-refractivity contribution in [3.63, 3.8) is 0 Å². The van der Waals surface area contributed by atoms with Gasteiger partial charge in [0.25, 0.3) is 0 Å². The maximum atomic E-state index is 5.83. The summed E-state index contributed by atoms with van der Waals surface area (Å²) in [6, 6.07) is 16.4. The van der Waals surface area contributed by atoms with Crippen LogP contribution in [0.25, 0.3) is 0 Å². The van der Waals surface area contributed by atoms with Crippen LogP contribution >= 0.6 is 8.81 Å². The lowest BCUT2D eigenvalue weighted by Gasteiger charge is -2.10. The maximum absolute atomic E-state index is 5.83. The van der Waals surface area contributed by atoms with Crippen LogP contribution in [0, 0.1) is 6.92 Å². The third kappa shape index (κ3) is 3.32. The van der Waals surface area contributed by atoms with Crippen molar-refractivity contribution in [1.82, 2.24) is 0 Å². The molecule has 2 nitrogen and oxygen atoms in total. The summed E-state index contributed by atoms with van der Waals surface area (Å²) in [6.45, 7) is 2.65. The lowest BCUT2D eigenvalue weighted by Crippen LogP contribution is -2.00. The number of rotatable bonds is 5. The first-order chi connectivity index (χ1) is 8.81. The highest BCUT2D eigenvalue weighted by Gasteiger charge is 2.02. The molecule has 0 saturated carbocycles. The van der Waals surface area contributed by atoms with Crippen LogP contribution in [0.4, 0.5) is 0 Å². The first-order valence-corrected chi connectivity index (χ1v) is 7.15. The largest absolute Gasteiger partial charge is 0.477 e. The highest BCUT2D eigenvalue weighted by molar-refractivity contribution is 7.31. The molecule has 2 aromatic carbocycles. The maximum Gasteiger partial charge on any atom is 0.125 e. The van der Waals surface area contributed by atoms with Crippen molar-refractivity contribution in [2.45, 2.75) is 19.6 Å². The van der Waals surface area contributed by atoms with Crippen LogP contribution in [0.15, 0.2) is 48.5 Å². The predicted octanol–water partition coefficient (Wildman–Crippen LogP) is 3.63. The van der Waals surface area contributed by atoms with Crippen LogP contribution < -0.4 is 10.3 Å². The fraction of sp³-hybridized carbons (Fsp3) is 0.200. The highest BCUT2D eigenvalue weighted by Crippen LogP contribution is 2.28. The molecule has 0 radical (unpaired) electrons. The molecular formula is C15H18NOP. The third-order valence-electron chi connectivity index (χ3n) is 2.88. The summed E-state index contributed by atoms with van der Waals surface area (Å²) >= 11 is 0. The van der Waals surface area contributed by atoms with Crippen LogP contribution in [0.1, 0.15) is 16.7 Å². The van der Waals surface area contributed by atoms with Gasteiger partial charge in [0.1, 0.15) is 5.75 Å². The number of nitrogens with two attached hydrogens (primary N) is 1. The minimum absolute atomic E-state index is 0.427. The molecule has 3 heteroatoms. The van der Waals surface area contributed by atoms with Gasteiger partial charge < -0.3 is 10.3 Å². The van der Waals surface area contributed by atoms with E-state index in [0.717, 1.165) is 11.9 Å². The Morgan fingerprint density at radius 1 is 1.00 bits per heavy atom. The van der Waals surface area contributed by atoms with Crippen molar-refractivity contribution in [3.05, 3.63) is 65.2 Å². The van der Waals surface area contributed by atoms with Gasteiger partial charge in [-0.1, -0.05) is 42.5 Å². The zero-order valence-electron chi connectivity index (χ0n) is 10.5. The number of aryl methyl sites for hydroxylation is 1. The molecule has 2 rings (SSSR count). The lowest BCUT2D eigenvalue weighted by molar-refractivity contribution is 0.623. The predicted molar refractivity (Wildman–Crippen MR) is 78.2 cm³/mol. The molecule has 2 N–H and O–H groups in total. The van der Waals surface area contributed by atoms with E-state index < -0.39 is 0 Å². The molecule has 0 aromatic heterocycles. The van der Waals surface area contributed by atoms with Crippen LogP contribution in [-0.2, 0) is 12.7 Å². The van der Waals surface area contributed by atoms with E-state index in [2.05, 4.69) is 25.1 Å². The Kier molecular flexibility index (Phi) is 4.74. The van der Waals surface area contributed by atoms with E-state index in [1.807, 2.05) is 30.3 Å².